The fourth-order valence-electron chi connectivity index (χ4n) is 2.95. The van der Waals surface area contributed by atoms with Crippen molar-refractivity contribution in [3.8, 4) is 10.6 Å². The van der Waals surface area contributed by atoms with Gasteiger partial charge in [0, 0.05) is 5.92 Å². The lowest BCUT2D eigenvalue weighted by atomic mass is 10.1. The highest BCUT2D eigenvalue weighted by molar-refractivity contribution is 7.13. The molecule has 1 fully saturated rings. The second kappa shape index (κ2) is 6.43. The Morgan fingerprint density at radius 3 is 2.95 bits per heavy atom. The largest absolute Gasteiger partial charge is 0.322 e. The van der Waals surface area contributed by atoms with E-state index in [-0.39, 0.29) is 11.8 Å². The van der Waals surface area contributed by atoms with Gasteiger partial charge in [-0.15, -0.1) is 11.3 Å². The number of thiophene rings is 1. The number of hydrogen-bond acceptors (Lipinski definition) is 3. The Balaban J connectivity index is 1.87. The van der Waals surface area contributed by atoms with Crippen LogP contribution in [0.1, 0.15) is 44.7 Å². The van der Waals surface area contributed by atoms with Crippen LogP contribution in [0.3, 0.4) is 0 Å². The van der Waals surface area contributed by atoms with Gasteiger partial charge in [-0.2, -0.15) is 5.10 Å². The molecule has 0 saturated heterocycles. The zero-order chi connectivity index (χ0) is 14.7. The summed E-state index contributed by atoms with van der Waals surface area (Å²) in [4.78, 5) is 13.5. The fourth-order valence-corrected chi connectivity index (χ4v) is 3.67. The van der Waals surface area contributed by atoms with Crippen molar-refractivity contribution in [2.24, 2.45) is 5.92 Å². The zero-order valence-electron chi connectivity index (χ0n) is 12.3. The summed E-state index contributed by atoms with van der Waals surface area (Å²) in [5.41, 5.74) is 2.79. The Hall–Kier alpha value is -1.62. The maximum atomic E-state index is 12.4. The Morgan fingerprint density at radius 2 is 2.29 bits per heavy atom. The van der Waals surface area contributed by atoms with Crippen LogP contribution < -0.4 is 5.32 Å². The SMILES string of the molecule is CCCc1[nH]nc(-c2cccs2)c1NC(=O)C1CCCC1. The van der Waals surface area contributed by atoms with Crippen LogP contribution in [0.5, 0.6) is 0 Å². The Labute approximate surface area is 129 Å². The van der Waals surface area contributed by atoms with Crippen LogP contribution in [0.2, 0.25) is 0 Å². The summed E-state index contributed by atoms with van der Waals surface area (Å²) >= 11 is 1.65. The molecule has 0 aromatic carbocycles. The van der Waals surface area contributed by atoms with Crippen LogP contribution in [-0.4, -0.2) is 16.1 Å². The smallest absolute Gasteiger partial charge is 0.227 e. The second-order valence-corrected chi connectivity index (χ2v) is 6.57. The third-order valence-corrected chi connectivity index (χ3v) is 4.95. The van der Waals surface area contributed by atoms with Crippen molar-refractivity contribution < 1.29 is 4.79 Å². The number of nitrogens with zero attached hydrogens (tertiary/aromatic N) is 1. The molecule has 2 N–H and O–H groups in total. The molecule has 21 heavy (non-hydrogen) atoms. The number of rotatable bonds is 5. The van der Waals surface area contributed by atoms with E-state index in [0.717, 1.165) is 47.6 Å². The van der Waals surface area contributed by atoms with E-state index in [1.54, 1.807) is 11.3 Å². The molecule has 0 unspecified atom stereocenters. The lowest BCUT2D eigenvalue weighted by Crippen LogP contribution is -2.21. The third-order valence-electron chi connectivity index (χ3n) is 4.07. The minimum Gasteiger partial charge on any atom is -0.322 e. The third kappa shape index (κ3) is 3.02. The Morgan fingerprint density at radius 1 is 1.48 bits per heavy atom. The first-order chi connectivity index (χ1) is 10.3. The minimum absolute atomic E-state index is 0.157. The van der Waals surface area contributed by atoms with Gasteiger partial charge in [-0.3, -0.25) is 9.89 Å². The predicted octanol–water partition coefficient (Wildman–Crippen LogP) is 4.22. The van der Waals surface area contributed by atoms with Crippen LogP contribution in [0.25, 0.3) is 10.6 Å². The van der Waals surface area contributed by atoms with Gasteiger partial charge in [-0.05, 0) is 30.7 Å². The number of H-pyrrole nitrogens is 1. The van der Waals surface area contributed by atoms with Crippen molar-refractivity contribution in [1.82, 2.24) is 10.2 Å². The topological polar surface area (TPSA) is 57.8 Å². The first kappa shape index (κ1) is 14.3. The Bertz CT molecular complexity index is 597. The van der Waals surface area contributed by atoms with Crippen LogP contribution in [0.15, 0.2) is 17.5 Å². The Kier molecular flexibility index (Phi) is 4.39. The standard InChI is InChI=1S/C16H21N3OS/c1-2-6-12-14(17-16(20)11-7-3-4-8-11)15(19-18-12)13-9-5-10-21-13/h5,9-11H,2-4,6-8H2,1H3,(H,17,20)(H,18,19). The van der Waals surface area contributed by atoms with Gasteiger partial charge in [-0.25, -0.2) is 0 Å². The van der Waals surface area contributed by atoms with E-state index in [0.29, 0.717) is 0 Å². The highest BCUT2D eigenvalue weighted by Gasteiger charge is 2.25. The number of nitrogens with one attached hydrogen (secondary N) is 2. The van der Waals surface area contributed by atoms with Gasteiger partial charge in [0.05, 0.1) is 16.3 Å². The van der Waals surface area contributed by atoms with Gasteiger partial charge in [0.1, 0.15) is 5.69 Å². The monoisotopic (exact) mass is 303 g/mol. The first-order valence-electron chi connectivity index (χ1n) is 7.71. The molecule has 1 aliphatic carbocycles. The molecule has 0 bridgehead atoms. The molecule has 1 saturated carbocycles. The lowest BCUT2D eigenvalue weighted by Gasteiger charge is -2.11. The molecule has 2 aromatic rings. The second-order valence-electron chi connectivity index (χ2n) is 5.62. The summed E-state index contributed by atoms with van der Waals surface area (Å²) in [7, 11) is 0. The van der Waals surface area contributed by atoms with E-state index in [1.165, 1.54) is 12.8 Å². The van der Waals surface area contributed by atoms with Gasteiger partial charge in [0.2, 0.25) is 5.91 Å². The fraction of sp³-hybridized carbons (Fsp3) is 0.500. The number of aromatic amines is 1. The van der Waals surface area contributed by atoms with Crippen LogP contribution in [-0.2, 0) is 11.2 Å². The molecule has 2 aromatic heterocycles. The predicted molar refractivity (Wildman–Crippen MR) is 86.5 cm³/mol. The molecule has 1 aliphatic rings. The summed E-state index contributed by atoms with van der Waals surface area (Å²) in [6.07, 6.45) is 6.30. The van der Waals surface area contributed by atoms with E-state index < -0.39 is 0 Å². The number of aryl methyl sites for hydroxylation is 1. The van der Waals surface area contributed by atoms with Crippen LogP contribution in [0.4, 0.5) is 5.69 Å². The molecular formula is C16H21N3OS. The molecule has 5 heteroatoms. The molecule has 0 radical (unpaired) electrons. The number of amides is 1. The summed E-state index contributed by atoms with van der Waals surface area (Å²) < 4.78 is 0. The average molecular weight is 303 g/mol. The lowest BCUT2D eigenvalue weighted by molar-refractivity contribution is -0.119. The summed E-state index contributed by atoms with van der Waals surface area (Å²) in [5, 5.41) is 12.7. The molecule has 0 atom stereocenters. The number of carbonyl (C=O) groups is 1. The highest BCUT2D eigenvalue weighted by atomic mass is 32.1. The molecule has 1 amide bonds. The van der Waals surface area contributed by atoms with Crippen molar-refractivity contribution in [3.63, 3.8) is 0 Å². The average Bonchev–Trinajstić information content (AvgIpc) is 3.21. The normalized spacial score (nSPS) is 15.5. The van der Waals surface area contributed by atoms with E-state index in [2.05, 4.69) is 22.4 Å². The van der Waals surface area contributed by atoms with Crippen molar-refractivity contribution >= 4 is 22.9 Å². The molecule has 0 spiro atoms. The highest BCUT2D eigenvalue weighted by Crippen LogP contribution is 2.34. The molecule has 3 rings (SSSR count). The first-order valence-corrected chi connectivity index (χ1v) is 8.59. The van der Waals surface area contributed by atoms with Crippen molar-refractivity contribution in [2.75, 3.05) is 5.32 Å². The molecular weight excluding hydrogens is 282 g/mol. The van der Waals surface area contributed by atoms with Crippen LogP contribution in [0, 0.1) is 5.92 Å². The van der Waals surface area contributed by atoms with E-state index in [1.807, 2.05) is 17.5 Å². The minimum atomic E-state index is 0.157. The summed E-state index contributed by atoms with van der Waals surface area (Å²) in [5.74, 6) is 0.328. The molecule has 112 valence electrons. The van der Waals surface area contributed by atoms with Gasteiger partial charge >= 0.3 is 0 Å². The molecule has 4 nitrogen and oxygen atoms in total. The van der Waals surface area contributed by atoms with E-state index >= 15 is 0 Å². The number of aromatic nitrogens is 2. The van der Waals surface area contributed by atoms with E-state index in [9.17, 15) is 4.79 Å². The van der Waals surface area contributed by atoms with Crippen molar-refractivity contribution in [2.45, 2.75) is 45.4 Å². The zero-order valence-corrected chi connectivity index (χ0v) is 13.1. The molecule has 2 heterocycles. The van der Waals surface area contributed by atoms with Crippen LogP contribution >= 0.6 is 11.3 Å². The van der Waals surface area contributed by atoms with Gasteiger partial charge in [0.15, 0.2) is 0 Å². The number of carbonyl (C=O) groups excluding carboxylic acids is 1. The van der Waals surface area contributed by atoms with Crippen molar-refractivity contribution in [3.05, 3.63) is 23.2 Å². The number of anilines is 1. The maximum absolute atomic E-state index is 12.4. The molecule has 0 aliphatic heterocycles. The van der Waals surface area contributed by atoms with Gasteiger partial charge in [-0.1, -0.05) is 32.3 Å². The quantitative estimate of drug-likeness (QED) is 0.869. The van der Waals surface area contributed by atoms with Gasteiger partial charge < -0.3 is 5.32 Å². The van der Waals surface area contributed by atoms with Gasteiger partial charge in [0.25, 0.3) is 0 Å². The van der Waals surface area contributed by atoms with E-state index in [4.69, 9.17) is 0 Å². The summed E-state index contributed by atoms with van der Waals surface area (Å²) in [6.45, 7) is 2.13. The summed E-state index contributed by atoms with van der Waals surface area (Å²) in [6, 6.07) is 4.05. The van der Waals surface area contributed by atoms with Crippen molar-refractivity contribution in [1.29, 1.82) is 0 Å². The number of hydrogen-bond donors (Lipinski definition) is 2. The maximum Gasteiger partial charge on any atom is 0.227 e.